The van der Waals surface area contributed by atoms with Crippen LogP contribution in [0.1, 0.15) is 35.9 Å². The zero-order chi connectivity index (χ0) is 25.1. The lowest BCUT2D eigenvalue weighted by molar-refractivity contribution is 0.0793. The first-order valence-electron chi connectivity index (χ1n) is 12.8. The lowest BCUT2D eigenvalue weighted by atomic mass is 10.2. The number of imidazole rings is 1. The Hall–Kier alpha value is -3.59. The van der Waals surface area contributed by atoms with E-state index < -0.39 is 0 Å². The van der Waals surface area contributed by atoms with Crippen LogP contribution in [0.2, 0.25) is 0 Å². The van der Waals surface area contributed by atoms with E-state index in [1.807, 2.05) is 66.2 Å². The van der Waals surface area contributed by atoms with Gasteiger partial charge in [0, 0.05) is 57.6 Å². The van der Waals surface area contributed by atoms with Gasteiger partial charge in [-0.25, -0.2) is 9.78 Å². The fourth-order valence-electron chi connectivity index (χ4n) is 4.94. The van der Waals surface area contributed by atoms with Gasteiger partial charge in [0.05, 0.1) is 24.2 Å². The van der Waals surface area contributed by atoms with Crippen molar-refractivity contribution in [3.63, 3.8) is 0 Å². The Morgan fingerprint density at radius 3 is 2.36 bits per heavy atom. The summed E-state index contributed by atoms with van der Waals surface area (Å²) in [7, 11) is 2.02. The molecular formula is C27H34N6O3. The summed E-state index contributed by atoms with van der Waals surface area (Å²) in [6.45, 7) is 7.81. The summed E-state index contributed by atoms with van der Waals surface area (Å²) in [5, 5.41) is 2.97. The molecular weight excluding hydrogens is 456 g/mol. The Kier molecular flexibility index (Phi) is 7.09. The smallest absolute Gasteiger partial charge is 0.321 e. The predicted octanol–water partition coefficient (Wildman–Crippen LogP) is 3.56. The van der Waals surface area contributed by atoms with Crippen LogP contribution in [0.25, 0.3) is 11.0 Å². The average molecular weight is 491 g/mol. The van der Waals surface area contributed by atoms with Crippen LogP contribution >= 0.6 is 0 Å². The number of aromatic nitrogens is 2. The molecule has 36 heavy (non-hydrogen) atoms. The number of hydrogen-bond donors (Lipinski definition) is 1. The van der Waals surface area contributed by atoms with Crippen molar-refractivity contribution in [3.8, 4) is 5.75 Å². The SMILES string of the molecule is CCOc1ccc(NC(=O)N2CCN(Cc3nc4cc(C(=O)N5CCCC5)ccc4n3C)CC2)cc1. The molecule has 3 aromatic rings. The Morgan fingerprint density at radius 2 is 1.67 bits per heavy atom. The zero-order valence-electron chi connectivity index (χ0n) is 21.1. The molecule has 0 aliphatic carbocycles. The molecule has 3 heterocycles. The third-order valence-corrected chi connectivity index (χ3v) is 7.05. The Morgan fingerprint density at radius 1 is 0.944 bits per heavy atom. The minimum atomic E-state index is -0.0864. The molecule has 2 aromatic carbocycles. The molecule has 0 radical (unpaired) electrons. The van der Waals surface area contributed by atoms with Crippen molar-refractivity contribution < 1.29 is 14.3 Å². The summed E-state index contributed by atoms with van der Waals surface area (Å²) in [5.74, 6) is 1.85. The first-order chi connectivity index (χ1) is 17.5. The molecule has 2 aliphatic rings. The number of piperazine rings is 1. The molecule has 9 heteroatoms. The van der Waals surface area contributed by atoms with Gasteiger partial charge in [-0.3, -0.25) is 9.69 Å². The maximum absolute atomic E-state index is 12.8. The van der Waals surface area contributed by atoms with E-state index in [1.165, 1.54) is 0 Å². The number of urea groups is 1. The number of hydrogen-bond acceptors (Lipinski definition) is 5. The number of ether oxygens (including phenoxy) is 1. The predicted molar refractivity (Wildman–Crippen MR) is 139 cm³/mol. The number of rotatable bonds is 6. The minimum Gasteiger partial charge on any atom is -0.494 e. The van der Waals surface area contributed by atoms with Crippen molar-refractivity contribution >= 4 is 28.7 Å². The molecule has 3 amide bonds. The van der Waals surface area contributed by atoms with Gasteiger partial charge in [0.25, 0.3) is 5.91 Å². The van der Waals surface area contributed by atoms with E-state index in [-0.39, 0.29) is 11.9 Å². The van der Waals surface area contributed by atoms with Gasteiger partial charge in [0.2, 0.25) is 0 Å². The first-order valence-corrected chi connectivity index (χ1v) is 12.8. The molecule has 0 atom stereocenters. The third-order valence-electron chi connectivity index (χ3n) is 7.05. The summed E-state index contributed by atoms with van der Waals surface area (Å²) < 4.78 is 7.56. The molecule has 5 rings (SSSR count). The molecule has 0 spiro atoms. The molecule has 9 nitrogen and oxygen atoms in total. The van der Waals surface area contributed by atoms with E-state index in [1.54, 1.807) is 0 Å². The molecule has 0 saturated carbocycles. The number of likely N-dealkylation sites (tertiary alicyclic amines) is 1. The zero-order valence-corrected chi connectivity index (χ0v) is 21.1. The second-order valence-electron chi connectivity index (χ2n) is 9.44. The summed E-state index contributed by atoms with van der Waals surface area (Å²) in [6, 6.07) is 13.2. The Bertz CT molecular complexity index is 1220. The standard InChI is InChI=1S/C27H34N6O3/c1-3-36-22-9-7-21(8-10-22)28-27(35)33-16-14-31(15-17-33)19-25-29-23-18-20(6-11-24(23)30(25)2)26(34)32-12-4-5-13-32/h6-11,18H,3-5,12-17,19H2,1-2H3,(H,28,35). The van der Waals surface area contributed by atoms with Crippen LogP contribution in [0.3, 0.4) is 0 Å². The fourth-order valence-corrected chi connectivity index (χ4v) is 4.94. The maximum atomic E-state index is 12.8. The van der Waals surface area contributed by atoms with Crippen LogP contribution in [-0.2, 0) is 13.6 Å². The average Bonchev–Trinajstić information content (AvgIpc) is 3.54. The summed E-state index contributed by atoms with van der Waals surface area (Å²) in [5.41, 5.74) is 3.34. The quantitative estimate of drug-likeness (QED) is 0.571. The van der Waals surface area contributed by atoms with Gasteiger partial charge in [-0.15, -0.1) is 0 Å². The molecule has 2 aliphatic heterocycles. The van der Waals surface area contributed by atoms with Gasteiger partial charge in [-0.1, -0.05) is 0 Å². The van der Waals surface area contributed by atoms with Gasteiger partial charge in [-0.2, -0.15) is 0 Å². The highest BCUT2D eigenvalue weighted by atomic mass is 16.5. The molecule has 1 aromatic heterocycles. The van der Waals surface area contributed by atoms with Crippen LogP contribution in [0, 0.1) is 0 Å². The van der Waals surface area contributed by atoms with E-state index >= 15 is 0 Å². The lowest BCUT2D eigenvalue weighted by Crippen LogP contribution is -2.49. The fraction of sp³-hybridized carbons (Fsp3) is 0.444. The molecule has 1 N–H and O–H groups in total. The highest BCUT2D eigenvalue weighted by Crippen LogP contribution is 2.21. The first kappa shape index (κ1) is 24.1. The maximum Gasteiger partial charge on any atom is 0.321 e. The minimum absolute atomic E-state index is 0.0864. The van der Waals surface area contributed by atoms with E-state index in [9.17, 15) is 9.59 Å². The van der Waals surface area contributed by atoms with Gasteiger partial charge in [-0.05, 0) is 62.2 Å². The van der Waals surface area contributed by atoms with Gasteiger partial charge >= 0.3 is 6.03 Å². The normalized spacial score (nSPS) is 16.5. The second kappa shape index (κ2) is 10.6. The van der Waals surface area contributed by atoms with Crippen LogP contribution < -0.4 is 10.1 Å². The number of carbonyl (C=O) groups excluding carboxylic acids is 2. The summed E-state index contributed by atoms with van der Waals surface area (Å²) in [6.07, 6.45) is 2.16. The molecule has 2 fully saturated rings. The number of benzene rings is 2. The number of aryl methyl sites for hydroxylation is 1. The number of fused-ring (bicyclic) bond motifs is 1. The topological polar surface area (TPSA) is 82.9 Å². The van der Waals surface area contributed by atoms with Crippen LogP contribution in [0.4, 0.5) is 10.5 Å². The van der Waals surface area contributed by atoms with Crippen molar-refractivity contribution in [2.75, 3.05) is 51.2 Å². The van der Waals surface area contributed by atoms with Crippen molar-refractivity contribution in [1.82, 2.24) is 24.3 Å². The van der Waals surface area contributed by atoms with Crippen molar-refractivity contribution in [2.45, 2.75) is 26.3 Å². The van der Waals surface area contributed by atoms with Crippen molar-refractivity contribution in [1.29, 1.82) is 0 Å². The monoisotopic (exact) mass is 490 g/mol. The van der Waals surface area contributed by atoms with Gasteiger partial charge in [0.15, 0.2) is 0 Å². The molecule has 190 valence electrons. The molecule has 0 bridgehead atoms. The van der Waals surface area contributed by atoms with Gasteiger partial charge < -0.3 is 24.4 Å². The molecule has 2 saturated heterocycles. The highest BCUT2D eigenvalue weighted by molar-refractivity contribution is 5.97. The van der Waals surface area contributed by atoms with Gasteiger partial charge in [0.1, 0.15) is 11.6 Å². The van der Waals surface area contributed by atoms with E-state index in [0.29, 0.717) is 31.8 Å². The third kappa shape index (κ3) is 5.16. The number of carbonyl (C=O) groups is 2. The number of amides is 3. The van der Waals surface area contributed by atoms with Crippen molar-refractivity contribution in [2.24, 2.45) is 7.05 Å². The number of nitrogens with one attached hydrogen (secondary N) is 1. The number of anilines is 1. The Balaban J connectivity index is 1.17. The van der Waals surface area contributed by atoms with Crippen LogP contribution in [0.15, 0.2) is 42.5 Å². The van der Waals surface area contributed by atoms with Crippen LogP contribution in [-0.4, -0.2) is 82.1 Å². The summed E-state index contributed by atoms with van der Waals surface area (Å²) in [4.78, 5) is 36.4. The highest BCUT2D eigenvalue weighted by Gasteiger charge is 2.24. The largest absolute Gasteiger partial charge is 0.494 e. The summed E-state index contributed by atoms with van der Waals surface area (Å²) >= 11 is 0. The lowest BCUT2D eigenvalue weighted by Gasteiger charge is -2.34. The van der Waals surface area contributed by atoms with E-state index in [2.05, 4.69) is 14.8 Å². The van der Waals surface area contributed by atoms with E-state index in [4.69, 9.17) is 9.72 Å². The number of nitrogens with zero attached hydrogens (tertiary/aromatic N) is 5. The van der Waals surface area contributed by atoms with Crippen molar-refractivity contribution in [3.05, 3.63) is 53.9 Å². The molecule has 0 unspecified atom stereocenters. The van der Waals surface area contributed by atoms with Crippen LogP contribution in [0.5, 0.6) is 5.75 Å². The second-order valence-corrected chi connectivity index (χ2v) is 9.44. The Labute approximate surface area is 211 Å². The van der Waals surface area contributed by atoms with E-state index in [0.717, 1.165) is 67.3 Å².